The SMILES string of the molecule is CCCC(=O)NCc1nc(N(C)C)nc(N(C)C)n1. The van der Waals surface area contributed by atoms with Crippen molar-refractivity contribution >= 4 is 17.8 Å². The van der Waals surface area contributed by atoms with Gasteiger partial charge >= 0.3 is 0 Å². The molecule has 1 amide bonds. The third-order valence-corrected chi connectivity index (χ3v) is 2.38. The predicted octanol–water partition coefficient (Wildman–Crippen LogP) is 0.420. The number of carbonyl (C=O) groups is 1. The summed E-state index contributed by atoms with van der Waals surface area (Å²) < 4.78 is 0. The molecule has 0 spiro atoms. The second-order valence-electron chi connectivity index (χ2n) is 4.67. The first-order chi connectivity index (χ1) is 8.93. The number of anilines is 2. The summed E-state index contributed by atoms with van der Waals surface area (Å²) in [5.74, 6) is 1.74. The van der Waals surface area contributed by atoms with Crippen molar-refractivity contribution < 1.29 is 4.79 Å². The van der Waals surface area contributed by atoms with Crippen LogP contribution in [0, 0.1) is 0 Å². The highest BCUT2D eigenvalue weighted by atomic mass is 16.1. The van der Waals surface area contributed by atoms with Gasteiger partial charge in [0.2, 0.25) is 17.8 Å². The number of aromatic nitrogens is 3. The summed E-state index contributed by atoms with van der Waals surface area (Å²) in [6.07, 6.45) is 1.35. The van der Waals surface area contributed by atoms with Crippen LogP contribution < -0.4 is 15.1 Å². The van der Waals surface area contributed by atoms with Gasteiger partial charge in [-0.1, -0.05) is 6.92 Å². The normalized spacial score (nSPS) is 10.2. The number of amides is 1. The first-order valence-corrected chi connectivity index (χ1v) is 6.30. The second-order valence-corrected chi connectivity index (χ2v) is 4.67. The minimum absolute atomic E-state index is 0.0146. The zero-order valence-corrected chi connectivity index (χ0v) is 12.3. The molecule has 7 nitrogen and oxygen atoms in total. The van der Waals surface area contributed by atoms with Crippen LogP contribution in [0.2, 0.25) is 0 Å². The molecule has 1 rings (SSSR count). The molecule has 0 aliphatic heterocycles. The molecule has 0 aliphatic rings. The fraction of sp³-hybridized carbons (Fsp3) is 0.667. The molecular formula is C12H22N6O. The lowest BCUT2D eigenvalue weighted by atomic mass is 10.3. The summed E-state index contributed by atoms with van der Waals surface area (Å²) in [6, 6.07) is 0. The molecule has 0 atom stereocenters. The molecule has 0 radical (unpaired) electrons. The van der Waals surface area contributed by atoms with Gasteiger partial charge in [-0.15, -0.1) is 0 Å². The highest BCUT2D eigenvalue weighted by molar-refractivity contribution is 5.75. The van der Waals surface area contributed by atoms with Crippen LogP contribution in [-0.2, 0) is 11.3 Å². The molecule has 1 N–H and O–H groups in total. The standard InChI is InChI=1S/C12H22N6O/c1-6-7-10(19)13-8-9-14-11(17(2)3)16-12(15-9)18(4)5/h6-8H2,1-5H3,(H,13,19). The van der Waals surface area contributed by atoms with E-state index in [4.69, 9.17) is 0 Å². The highest BCUT2D eigenvalue weighted by Crippen LogP contribution is 2.10. The molecule has 1 heterocycles. The number of hydrogen-bond donors (Lipinski definition) is 1. The molecule has 0 unspecified atom stereocenters. The maximum atomic E-state index is 11.5. The summed E-state index contributed by atoms with van der Waals surface area (Å²) in [4.78, 5) is 28.0. The molecule has 0 saturated heterocycles. The first-order valence-electron chi connectivity index (χ1n) is 6.30. The molecule has 7 heteroatoms. The van der Waals surface area contributed by atoms with Crippen molar-refractivity contribution in [3.8, 4) is 0 Å². The number of nitrogens with zero attached hydrogens (tertiary/aromatic N) is 5. The van der Waals surface area contributed by atoms with Crippen molar-refractivity contribution in [2.75, 3.05) is 38.0 Å². The minimum Gasteiger partial charge on any atom is -0.349 e. The fourth-order valence-corrected chi connectivity index (χ4v) is 1.37. The molecule has 0 aromatic carbocycles. The summed E-state index contributed by atoms with van der Waals surface area (Å²) in [6.45, 7) is 2.29. The third kappa shape index (κ3) is 4.69. The Kier molecular flexibility index (Phi) is 5.47. The summed E-state index contributed by atoms with van der Waals surface area (Å²) in [5.41, 5.74) is 0. The molecule has 1 aromatic rings. The van der Waals surface area contributed by atoms with Crippen molar-refractivity contribution in [2.24, 2.45) is 0 Å². The lowest BCUT2D eigenvalue weighted by Crippen LogP contribution is -2.26. The van der Waals surface area contributed by atoms with Crippen molar-refractivity contribution in [3.63, 3.8) is 0 Å². The summed E-state index contributed by atoms with van der Waals surface area (Å²) in [5, 5.41) is 2.80. The van der Waals surface area contributed by atoms with E-state index < -0.39 is 0 Å². The monoisotopic (exact) mass is 266 g/mol. The van der Waals surface area contributed by atoms with E-state index in [0.29, 0.717) is 30.7 Å². The Morgan fingerprint density at radius 2 is 1.58 bits per heavy atom. The maximum absolute atomic E-state index is 11.5. The molecule has 0 bridgehead atoms. The van der Waals surface area contributed by atoms with E-state index in [1.807, 2.05) is 44.9 Å². The van der Waals surface area contributed by atoms with Crippen molar-refractivity contribution in [3.05, 3.63) is 5.82 Å². The van der Waals surface area contributed by atoms with E-state index in [0.717, 1.165) is 6.42 Å². The van der Waals surface area contributed by atoms with Gasteiger partial charge in [0.1, 0.15) is 0 Å². The van der Waals surface area contributed by atoms with E-state index >= 15 is 0 Å². The van der Waals surface area contributed by atoms with Crippen LogP contribution in [0.3, 0.4) is 0 Å². The lowest BCUT2D eigenvalue weighted by molar-refractivity contribution is -0.121. The zero-order chi connectivity index (χ0) is 14.4. The van der Waals surface area contributed by atoms with Crippen molar-refractivity contribution in [1.29, 1.82) is 0 Å². The molecule has 0 saturated carbocycles. The Bertz CT molecular complexity index is 406. The van der Waals surface area contributed by atoms with Crippen molar-refractivity contribution in [2.45, 2.75) is 26.3 Å². The second kappa shape index (κ2) is 6.86. The number of nitrogens with one attached hydrogen (secondary N) is 1. The largest absolute Gasteiger partial charge is 0.349 e. The molecule has 19 heavy (non-hydrogen) atoms. The van der Waals surface area contributed by atoms with Crippen LogP contribution in [0.4, 0.5) is 11.9 Å². The van der Waals surface area contributed by atoms with E-state index in [1.165, 1.54) is 0 Å². The Labute approximate surface area is 114 Å². The average Bonchev–Trinajstić information content (AvgIpc) is 2.36. The number of hydrogen-bond acceptors (Lipinski definition) is 6. The summed E-state index contributed by atoms with van der Waals surface area (Å²) in [7, 11) is 7.48. The molecule has 0 fully saturated rings. The topological polar surface area (TPSA) is 74.2 Å². The van der Waals surface area contributed by atoms with E-state index in [2.05, 4.69) is 20.3 Å². The van der Waals surface area contributed by atoms with Gasteiger partial charge in [-0.25, -0.2) is 0 Å². The molecule has 1 aromatic heterocycles. The Morgan fingerprint density at radius 1 is 1.05 bits per heavy atom. The van der Waals surface area contributed by atoms with Crippen LogP contribution in [0.1, 0.15) is 25.6 Å². The number of rotatable bonds is 6. The van der Waals surface area contributed by atoms with E-state index in [9.17, 15) is 4.79 Å². The zero-order valence-electron chi connectivity index (χ0n) is 12.3. The Hall–Kier alpha value is -1.92. The predicted molar refractivity (Wildman–Crippen MR) is 75.2 cm³/mol. The van der Waals surface area contributed by atoms with Crippen LogP contribution in [0.25, 0.3) is 0 Å². The van der Waals surface area contributed by atoms with Gasteiger partial charge in [-0.2, -0.15) is 15.0 Å². The number of carbonyl (C=O) groups excluding carboxylic acids is 1. The minimum atomic E-state index is 0.0146. The highest BCUT2D eigenvalue weighted by Gasteiger charge is 2.10. The van der Waals surface area contributed by atoms with Gasteiger partial charge in [-0.3, -0.25) is 4.79 Å². The van der Waals surface area contributed by atoms with Gasteiger partial charge in [-0.05, 0) is 6.42 Å². The van der Waals surface area contributed by atoms with Crippen LogP contribution in [-0.4, -0.2) is 49.0 Å². The lowest BCUT2D eigenvalue weighted by Gasteiger charge is -2.16. The Balaban J connectivity index is 2.84. The van der Waals surface area contributed by atoms with Gasteiger partial charge in [0.25, 0.3) is 0 Å². The Morgan fingerprint density at radius 3 is 2.00 bits per heavy atom. The van der Waals surface area contributed by atoms with Crippen molar-refractivity contribution in [1.82, 2.24) is 20.3 Å². The third-order valence-electron chi connectivity index (χ3n) is 2.38. The van der Waals surface area contributed by atoms with Crippen LogP contribution in [0.15, 0.2) is 0 Å². The maximum Gasteiger partial charge on any atom is 0.229 e. The van der Waals surface area contributed by atoms with Gasteiger partial charge in [0, 0.05) is 34.6 Å². The van der Waals surface area contributed by atoms with Gasteiger partial charge in [0.15, 0.2) is 5.82 Å². The molecule has 106 valence electrons. The average molecular weight is 266 g/mol. The van der Waals surface area contributed by atoms with E-state index in [1.54, 1.807) is 0 Å². The smallest absolute Gasteiger partial charge is 0.229 e. The van der Waals surface area contributed by atoms with Crippen LogP contribution >= 0.6 is 0 Å². The summed E-state index contributed by atoms with van der Waals surface area (Å²) >= 11 is 0. The van der Waals surface area contributed by atoms with Gasteiger partial charge in [0.05, 0.1) is 6.54 Å². The molecular weight excluding hydrogens is 244 g/mol. The van der Waals surface area contributed by atoms with Crippen LogP contribution in [0.5, 0.6) is 0 Å². The quantitative estimate of drug-likeness (QED) is 0.804. The fourth-order valence-electron chi connectivity index (χ4n) is 1.37. The van der Waals surface area contributed by atoms with E-state index in [-0.39, 0.29) is 5.91 Å². The first kappa shape index (κ1) is 15.1. The van der Waals surface area contributed by atoms with Gasteiger partial charge < -0.3 is 15.1 Å². The molecule has 0 aliphatic carbocycles.